The van der Waals surface area contributed by atoms with Gasteiger partial charge in [-0.2, -0.15) is 5.10 Å². The zero-order valence-electron chi connectivity index (χ0n) is 17.3. The van der Waals surface area contributed by atoms with E-state index < -0.39 is 11.8 Å². The molecule has 0 atom stereocenters. The molecule has 3 rings (SSSR count). The van der Waals surface area contributed by atoms with E-state index in [9.17, 15) is 14.4 Å². The van der Waals surface area contributed by atoms with Gasteiger partial charge >= 0.3 is 11.8 Å². The van der Waals surface area contributed by atoms with Gasteiger partial charge in [0.1, 0.15) is 5.75 Å². The first-order valence-corrected chi connectivity index (χ1v) is 11.2. The molecule has 8 nitrogen and oxygen atoms in total. The largest absolute Gasteiger partial charge is 0.484 e. The van der Waals surface area contributed by atoms with E-state index >= 15 is 0 Å². The molecule has 0 fully saturated rings. The normalized spacial score (nSPS) is 10.6. The van der Waals surface area contributed by atoms with E-state index in [0.717, 1.165) is 4.47 Å². The van der Waals surface area contributed by atoms with E-state index in [1.807, 2.05) is 12.1 Å². The summed E-state index contributed by atoms with van der Waals surface area (Å²) in [7, 11) is 0. The highest BCUT2D eigenvalue weighted by Gasteiger charge is 2.15. The SMILES string of the molecule is O=C(COc1ccc(/C=N\NC(=O)C(=O)Nc2cccc(Cl)c2Cl)cc1)Nc1ccc(Br)cc1. The lowest BCUT2D eigenvalue weighted by molar-refractivity contribution is -0.136. The van der Waals surface area contributed by atoms with Crippen LogP contribution in [-0.2, 0) is 14.4 Å². The van der Waals surface area contributed by atoms with Crippen molar-refractivity contribution in [2.45, 2.75) is 0 Å². The van der Waals surface area contributed by atoms with E-state index in [4.69, 9.17) is 27.9 Å². The molecule has 0 heterocycles. The molecule has 11 heteroatoms. The zero-order chi connectivity index (χ0) is 24.5. The second kappa shape index (κ2) is 12.2. The molecule has 0 spiro atoms. The van der Waals surface area contributed by atoms with Gasteiger partial charge < -0.3 is 15.4 Å². The summed E-state index contributed by atoms with van der Waals surface area (Å²) in [5, 5.41) is 9.20. The molecule has 0 bridgehead atoms. The Kier molecular flexibility index (Phi) is 9.03. The fourth-order valence-corrected chi connectivity index (χ4v) is 3.14. The molecule has 34 heavy (non-hydrogen) atoms. The van der Waals surface area contributed by atoms with Crippen molar-refractivity contribution in [2.24, 2.45) is 5.10 Å². The summed E-state index contributed by atoms with van der Waals surface area (Å²) in [4.78, 5) is 35.9. The second-order valence-electron chi connectivity index (χ2n) is 6.67. The van der Waals surface area contributed by atoms with Crippen LogP contribution < -0.4 is 20.8 Å². The number of carbonyl (C=O) groups is 3. The lowest BCUT2D eigenvalue weighted by Gasteiger charge is -2.08. The molecule has 0 aliphatic rings. The van der Waals surface area contributed by atoms with Crippen LogP contribution in [0.4, 0.5) is 11.4 Å². The summed E-state index contributed by atoms with van der Waals surface area (Å²) in [5.41, 5.74) is 3.62. The molecule has 3 aromatic rings. The Morgan fingerprint density at radius 2 is 1.62 bits per heavy atom. The number of hydrogen-bond acceptors (Lipinski definition) is 5. The number of benzene rings is 3. The maximum atomic E-state index is 12.0. The number of anilines is 2. The Hall–Kier alpha value is -3.40. The van der Waals surface area contributed by atoms with Crippen molar-refractivity contribution in [1.82, 2.24) is 5.43 Å². The molecule has 3 amide bonds. The molecule has 3 N–H and O–H groups in total. The van der Waals surface area contributed by atoms with E-state index in [0.29, 0.717) is 17.0 Å². The summed E-state index contributed by atoms with van der Waals surface area (Å²) in [6, 6.07) is 18.5. The van der Waals surface area contributed by atoms with Crippen molar-refractivity contribution in [2.75, 3.05) is 17.2 Å². The van der Waals surface area contributed by atoms with Crippen LogP contribution in [0.2, 0.25) is 10.0 Å². The average Bonchev–Trinajstić information content (AvgIpc) is 2.83. The maximum absolute atomic E-state index is 12.0. The summed E-state index contributed by atoms with van der Waals surface area (Å²) < 4.78 is 6.37. The van der Waals surface area contributed by atoms with Crippen LogP contribution in [0.5, 0.6) is 5.75 Å². The van der Waals surface area contributed by atoms with Gasteiger partial charge in [0, 0.05) is 10.2 Å². The lowest BCUT2D eigenvalue weighted by atomic mass is 10.2. The molecule has 0 saturated heterocycles. The first-order chi connectivity index (χ1) is 16.3. The van der Waals surface area contributed by atoms with Crippen LogP contribution in [0.3, 0.4) is 0 Å². The van der Waals surface area contributed by atoms with Gasteiger partial charge in [-0.25, -0.2) is 5.43 Å². The Morgan fingerprint density at radius 1 is 0.912 bits per heavy atom. The fraction of sp³-hybridized carbons (Fsp3) is 0.0435. The average molecular weight is 564 g/mol. The van der Waals surface area contributed by atoms with Gasteiger partial charge in [0.2, 0.25) is 0 Å². The van der Waals surface area contributed by atoms with E-state index in [1.165, 1.54) is 12.3 Å². The summed E-state index contributed by atoms with van der Waals surface area (Å²) in [5.74, 6) is -1.76. The van der Waals surface area contributed by atoms with E-state index in [-0.39, 0.29) is 28.2 Å². The van der Waals surface area contributed by atoms with E-state index in [2.05, 4.69) is 37.1 Å². The predicted octanol–water partition coefficient (Wildman–Crippen LogP) is 4.86. The van der Waals surface area contributed by atoms with Crippen LogP contribution in [0, 0.1) is 0 Å². The molecular formula is C23H17BrCl2N4O4. The molecule has 174 valence electrons. The molecule has 0 unspecified atom stereocenters. The molecule has 0 aliphatic carbocycles. The molecule has 0 saturated carbocycles. The third kappa shape index (κ3) is 7.58. The van der Waals surface area contributed by atoms with Gasteiger partial charge in [-0.15, -0.1) is 0 Å². The van der Waals surface area contributed by atoms with Crippen molar-refractivity contribution in [3.63, 3.8) is 0 Å². The van der Waals surface area contributed by atoms with Crippen molar-refractivity contribution >= 4 is 74.4 Å². The highest BCUT2D eigenvalue weighted by molar-refractivity contribution is 9.10. The third-order valence-corrected chi connectivity index (χ3v) is 5.51. The Labute approximate surface area is 213 Å². The number of amides is 3. The maximum Gasteiger partial charge on any atom is 0.329 e. The Balaban J connectivity index is 1.44. The number of nitrogens with one attached hydrogen (secondary N) is 3. The van der Waals surface area contributed by atoms with Crippen molar-refractivity contribution in [3.8, 4) is 5.75 Å². The first kappa shape index (κ1) is 25.2. The predicted molar refractivity (Wildman–Crippen MR) is 136 cm³/mol. The fourth-order valence-electron chi connectivity index (χ4n) is 2.52. The lowest BCUT2D eigenvalue weighted by Crippen LogP contribution is -2.32. The number of rotatable bonds is 7. The molecule has 0 aliphatic heterocycles. The minimum Gasteiger partial charge on any atom is -0.484 e. The second-order valence-corrected chi connectivity index (χ2v) is 8.37. The third-order valence-electron chi connectivity index (χ3n) is 4.16. The van der Waals surface area contributed by atoms with Gasteiger partial charge in [0.15, 0.2) is 6.61 Å². The molecule has 0 aromatic heterocycles. The van der Waals surface area contributed by atoms with Gasteiger partial charge in [-0.3, -0.25) is 14.4 Å². The minimum atomic E-state index is -0.982. The highest BCUT2D eigenvalue weighted by Crippen LogP contribution is 2.29. The molecule has 0 radical (unpaired) electrons. The highest BCUT2D eigenvalue weighted by atomic mass is 79.9. The number of carbonyl (C=O) groups excluding carboxylic acids is 3. The van der Waals surface area contributed by atoms with Crippen molar-refractivity contribution in [3.05, 3.63) is 86.8 Å². The van der Waals surface area contributed by atoms with Gasteiger partial charge in [-0.05, 0) is 66.2 Å². The summed E-state index contributed by atoms with van der Waals surface area (Å²) in [6.07, 6.45) is 1.35. The van der Waals surface area contributed by atoms with Crippen LogP contribution in [0.1, 0.15) is 5.56 Å². The number of hydrazone groups is 1. The Bertz CT molecular complexity index is 1220. The Morgan fingerprint density at radius 3 is 2.32 bits per heavy atom. The van der Waals surface area contributed by atoms with Crippen LogP contribution in [-0.4, -0.2) is 30.5 Å². The number of ether oxygens (including phenoxy) is 1. The van der Waals surface area contributed by atoms with Crippen LogP contribution in [0.25, 0.3) is 0 Å². The monoisotopic (exact) mass is 562 g/mol. The van der Waals surface area contributed by atoms with E-state index in [1.54, 1.807) is 48.5 Å². The van der Waals surface area contributed by atoms with Gasteiger partial charge in [0.25, 0.3) is 5.91 Å². The van der Waals surface area contributed by atoms with Crippen LogP contribution in [0.15, 0.2) is 76.3 Å². The summed E-state index contributed by atoms with van der Waals surface area (Å²) in [6.45, 7) is -0.161. The number of hydrogen-bond donors (Lipinski definition) is 3. The minimum absolute atomic E-state index is 0.127. The number of halogens is 3. The zero-order valence-corrected chi connectivity index (χ0v) is 20.4. The van der Waals surface area contributed by atoms with Gasteiger partial charge in [-0.1, -0.05) is 45.2 Å². The van der Waals surface area contributed by atoms with Crippen molar-refractivity contribution in [1.29, 1.82) is 0 Å². The first-order valence-electron chi connectivity index (χ1n) is 9.68. The summed E-state index contributed by atoms with van der Waals surface area (Å²) >= 11 is 15.2. The smallest absolute Gasteiger partial charge is 0.329 e. The van der Waals surface area contributed by atoms with Gasteiger partial charge in [0.05, 0.1) is 21.9 Å². The number of nitrogens with zero attached hydrogens (tertiary/aromatic N) is 1. The quantitative estimate of drug-likeness (QED) is 0.216. The molecule has 3 aromatic carbocycles. The van der Waals surface area contributed by atoms with Crippen molar-refractivity contribution < 1.29 is 19.1 Å². The van der Waals surface area contributed by atoms with Crippen LogP contribution >= 0.6 is 39.1 Å². The molecular weight excluding hydrogens is 547 g/mol. The standard InChI is InChI=1S/C23H17BrCl2N4O4/c24-15-6-8-16(9-7-15)28-20(31)13-34-17-10-4-14(5-11-17)12-27-30-23(33)22(32)29-19-3-1-2-18(25)21(19)26/h1-12H,13H2,(H,28,31)(H,29,32)(H,30,33)/b27-12-. The topological polar surface area (TPSA) is 109 Å².